The van der Waals surface area contributed by atoms with Gasteiger partial charge in [-0.05, 0) is 38.5 Å². The molecule has 0 radical (unpaired) electrons. The number of carbonyl (C=O) groups excluding carboxylic acids is 1. The zero-order valence-corrected chi connectivity index (χ0v) is 16.2. The van der Waals surface area contributed by atoms with Crippen LogP contribution in [0.3, 0.4) is 0 Å². The summed E-state index contributed by atoms with van der Waals surface area (Å²) in [6.45, 7) is 6.02. The highest BCUT2D eigenvalue weighted by atomic mass is 32.1. The lowest BCUT2D eigenvalue weighted by molar-refractivity contribution is 0.0694. The molecule has 0 saturated carbocycles. The Morgan fingerprint density at radius 2 is 1.70 bits per heavy atom. The first kappa shape index (κ1) is 19.2. The van der Waals surface area contributed by atoms with Gasteiger partial charge in [0.25, 0.3) is 5.91 Å². The van der Waals surface area contributed by atoms with Crippen LogP contribution in [0, 0.1) is 18.6 Å². The Bertz CT molecular complexity index is 934. The van der Waals surface area contributed by atoms with Crippen LogP contribution in [0.4, 0.5) is 8.78 Å². The van der Waals surface area contributed by atoms with Crippen molar-refractivity contribution >= 4 is 17.2 Å². The Labute approximate surface area is 161 Å². The molecule has 0 spiro atoms. The van der Waals surface area contributed by atoms with Crippen LogP contribution >= 0.6 is 11.3 Å². The lowest BCUT2D eigenvalue weighted by Gasteiger charge is -2.26. The maximum Gasteiger partial charge on any atom is 0.266 e. The van der Waals surface area contributed by atoms with Gasteiger partial charge in [-0.1, -0.05) is 36.4 Å². The second-order valence-electron chi connectivity index (χ2n) is 6.54. The second kappa shape index (κ2) is 7.96. The van der Waals surface area contributed by atoms with Crippen molar-refractivity contribution in [2.24, 2.45) is 0 Å². The van der Waals surface area contributed by atoms with Crippen LogP contribution in [0.1, 0.15) is 34.8 Å². The molecule has 3 rings (SSSR count). The first-order valence-corrected chi connectivity index (χ1v) is 9.47. The quantitative estimate of drug-likeness (QED) is 0.584. The number of hydrogen-bond acceptors (Lipinski definition) is 3. The Morgan fingerprint density at radius 1 is 1.07 bits per heavy atom. The molecule has 0 aliphatic heterocycles. The maximum absolute atomic E-state index is 14.1. The Balaban J connectivity index is 1.95. The summed E-state index contributed by atoms with van der Waals surface area (Å²) in [6.07, 6.45) is 0. The van der Waals surface area contributed by atoms with Crippen LogP contribution in [0.15, 0.2) is 48.5 Å². The minimum Gasteiger partial charge on any atom is -0.331 e. The summed E-state index contributed by atoms with van der Waals surface area (Å²) in [6, 6.07) is 13.3. The van der Waals surface area contributed by atoms with E-state index >= 15 is 0 Å². The number of thiazole rings is 1. The van der Waals surface area contributed by atoms with Crippen molar-refractivity contribution in [3.63, 3.8) is 0 Å². The van der Waals surface area contributed by atoms with E-state index in [0.717, 1.165) is 16.9 Å². The first-order valence-electron chi connectivity index (χ1n) is 8.65. The highest BCUT2D eigenvalue weighted by molar-refractivity contribution is 7.17. The van der Waals surface area contributed by atoms with Crippen LogP contribution in [0.2, 0.25) is 0 Å². The number of hydrogen-bond donors (Lipinski definition) is 0. The summed E-state index contributed by atoms with van der Waals surface area (Å²) >= 11 is 1.02. The lowest BCUT2D eigenvalue weighted by Crippen LogP contribution is -2.36. The molecule has 0 bridgehead atoms. The Morgan fingerprint density at radius 3 is 2.30 bits per heavy atom. The third-order valence-electron chi connectivity index (χ3n) is 4.25. The molecular formula is C21H20F2N2OS. The minimum atomic E-state index is -0.687. The average Bonchev–Trinajstić information content (AvgIpc) is 3.01. The van der Waals surface area contributed by atoms with Crippen LogP contribution in [-0.2, 0) is 6.54 Å². The summed E-state index contributed by atoms with van der Waals surface area (Å²) in [5.74, 6) is -1.56. The van der Waals surface area contributed by atoms with E-state index < -0.39 is 11.6 Å². The van der Waals surface area contributed by atoms with Gasteiger partial charge in [0.15, 0.2) is 0 Å². The van der Waals surface area contributed by atoms with Gasteiger partial charge in [0.05, 0.1) is 11.3 Å². The molecule has 0 N–H and O–H groups in total. The van der Waals surface area contributed by atoms with Gasteiger partial charge in [-0.3, -0.25) is 4.79 Å². The van der Waals surface area contributed by atoms with Gasteiger partial charge in [0.1, 0.15) is 21.5 Å². The minimum absolute atomic E-state index is 0.0344. The van der Waals surface area contributed by atoms with Gasteiger partial charge >= 0.3 is 0 Å². The highest BCUT2D eigenvalue weighted by Gasteiger charge is 2.25. The fourth-order valence-electron chi connectivity index (χ4n) is 2.80. The molecule has 1 heterocycles. The van der Waals surface area contributed by atoms with E-state index in [2.05, 4.69) is 4.98 Å². The zero-order chi connectivity index (χ0) is 19.6. The monoisotopic (exact) mass is 386 g/mol. The zero-order valence-electron chi connectivity index (χ0n) is 15.4. The van der Waals surface area contributed by atoms with Gasteiger partial charge < -0.3 is 4.90 Å². The van der Waals surface area contributed by atoms with Crippen molar-refractivity contribution < 1.29 is 13.6 Å². The Hall–Kier alpha value is -2.60. The van der Waals surface area contributed by atoms with Gasteiger partial charge in [-0.2, -0.15) is 0 Å². The van der Waals surface area contributed by atoms with Crippen LogP contribution in [0.5, 0.6) is 0 Å². The number of carbonyl (C=O) groups is 1. The predicted molar refractivity (Wildman–Crippen MR) is 104 cm³/mol. The van der Waals surface area contributed by atoms with Crippen molar-refractivity contribution in [2.75, 3.05) is 0 Å². The van der Waals surface area contributed by atoms with Crippen molar-refractivity contribution in [2.45, 2.75) is 33.4 Å². The van der Waals surface area contributed by atoms with Crippen molar-refractivity contribution in [1.29, 1.82) is 0 Å². The normalized spacial score (nSPS) is 11.0. The molecule has 0 aliphatic carbocycles. The standard InChI is InChI=1S/C21H20F2N2OS/c1-13(2)25(12-15-8-5-4-6-9-15)21(26)19-14(3)24-20(27-19)18-16(22)10-7-11-17(18)23/h4-11,13H,12H2,1-3H3. The predicted octanol–water partition coefficient (Wildman–Crippen LogP) is 5.45. The first-order chi connectivity index (χ1) is 12.9. The van der Waals surface area contributed by atoms with Crippen molar-refractivity contribution in [1.82, 2.24) is 9.88 Å². The van der Waals surface area contributed by atoms with E-state index in [1.807, 2.05) is 44.2 Å². The topological polar surface area (TPSA) is 33.2 Å². The number of benzene rings is 2. The van der Waals surface area contributed by atoms with Gasteiger partial charge in [-0.15, -0.1) is 11.3 Å². The van der Waals surface area contributed by atoms with Gasteiger partial charge in [-0.25, -0.2) is 13.8 Å². The van der Waals surface area contributed by atoms with Crippen LogP contribution in [-0.4, -0.2) is 21.8 Å². The van der Waals surface area contributed by atoms with Crippen LogP contribution < -0.4 is 0 Å². The summed E-state index contributed by atoms with van der Waals surface area (Å²) in [4.78, 5) is 19.5. The molecule has 1 aromatic heterocycles. The van der Waals surface area contributed by atoms with Gasteiger partial charge in [0, 0.05) is 12.6 Å². The summed E-state index contributed by atoms with van der Waals surface area (Å²) < 4.78 is 28.2. The molecular weight excluding hydrogens is 366 g/mol. The number of nitrogens with zero attached hydrogens (tertiary/aromatic N) is 2. The van der Waals surface area contributed by atoms with Crippen LogP contribution in [0.25, 0.3) is 10.6 Å². The maximum atomic E-state index is 14.1. The fraction of sp³-hybridized carbons (Fsp3) is 0.238. The molecule has 140 valence electrons. The van der Waals surface area contributed by atoms with E-state index in [1.165, 1.54) is 18.2 Å². The third kappa shape index (κ3) is 4.06. The van der Waals surface area contributed by atoms with E-state index in [1.54, 1.807) is 11.8 Å². The summed E-state index contributed by atoms with van der Waals surface area (Å²) in [7, 11) is 0. The number of rotatable bonds is 5. The molecule has 3 aromatic rings. The van der Waals surface area contributed by atoms with Crippen molar-refractivity contribution in [3.8, 4) is 10.6 Å². The lowest BCUT2D eigenvalue weighted by atomic mass is 10.1. The SMILES string of the molecule is Cc1nc(-c2c(F)cccc2F)sc1C(=O)N(Cc1ccccc1)C(C)C. The van der Waals surface area contributed by atoms with E-state index in [0.29, 0.717) is 17.1 Å². The second-order valence-corrected chi connectivity index (χ2v) is 7.54. The summed E-state index contributed by atoms with van der Waals surface area (Å²) in [5.41, 5.74) is 1.30. The molecule has 27 heavy (non-hydrogen) atoms. The van der Waals surface area contributed by atoms with E-state index in [4.69, 9.17) is 0 Å². The molecule has 0 fully saturated rings. The molecule has 0 aliphatic rings. The molecule has 3 nitrogen and oxygen atoms in total. The number of amides is 1. The number of halogens is 2. The molecule has 0 atom stereocenters. The number of aromatic nitrogens is 1. The van der Waals surface area contributed by atoms with E-state index in [-0.39, 0.29) is 22.5 Å². The molecule has 2 aromatic carbocycles. The molecule has 1 amide bonds. The molecule has 0 saturated heterocycles. The van der Waals surface area contributed by atoms with E-state index in [9.17, 15) is 13.6 Å². The molecule has 6 heteroatoms. The third-order valence-corrected chi connectivity index (χ3v) is 5.41. The van der Waals surface area contributed by atoms with Crippen molar-refractivity contribution in [3.05, 3.63) is 76.3 Å². The molecule has 0 unspecified atom stereocenters. The van der Waals surface area contributed by atoms with Gasteiger partial charge in [0.2, 0.25) is 0 Å². The highest BCUT2D eigenvalue weighted by Crippen LogP contribution is 2.32. The largest absolute Gasteiger partial charge is 0.331 e. The summed E-state index contributed by atoms with van der Waals surface area (Å²) in [5, 5.41) is 0.176. The Kier molecular flexibility index (Phi) is 5.65. The smallest absolute Gasteiger partial charge is 0.266 e. The average molecular weight is 386 g/mol. The fourth-order valence-corrected chi connectivity index (χ4v) is 3.87. The number of aryl methyl sites for hydroxylation is 1.